The molecule has 0 spiro atoms. The van der Waals surface area contributed by atoms with Gasteiger partial charge in [-0.05, 0) is 38.9 Å². The standard InChI is InChI=1S/C16H21N3O/c1-4-8-17-10-15-11(2)18-16(19-12(15)3)13-6-5-7-14(20)9-13/h5-7,9,17,20H,4,8,10H2,1-3H3. The van der Waals surface area contributed by atoms with E-state index in [0.717, 1.165) is 42.0 Å². The van der Waals surface area contributed by atoms with E-state index in [2.05, 4.69) is 22.2 Å². The summed E-state index contributed by atoms with van der Waals surface area (Å²) in [4.78, 5) is 9.12. The van der Waals surface area contributed by atoms with E-state index in [1.54, 1.807) is 18.2 Å². The predicted molar refractivity (Wildman–Crippen MR) is 80.6 cm³/mol. The van der Waals surface area contributed by atoms with E-state index in [9.17, 15) is 5.11 Å². The molecule has 4 nitrogen and oxygen atoms in total. The average molecular weight is 271 g/mol. The molecule has 2 N–H and O–H groups in total. The number of aryl methyl sites for hydroxylation is 2. The van der Waals surface area contributed by atoms with E-state index >= 15 is 0 Å². The zero-order chi connectivity index (χ0) is 14.5. The van der Waals surface area contributed by atoms with Crippen molar-refractivity contribution < 1.29 is 5.11 Å². The third-order valence-corrected chi connectivity index (χ3v) is 3.25. The fourth-order valence-electron chi connectivity index (χ4n) is 2.16. The van der Waals surface area contributed by atoms with Gasteiger partial charge in [-0.15, -0.1) is 0 Å². The summed E-state index contributed by atoms with van der Waals surface area (Å²) in [6.45, 7) is 7.95. The second-order valence-corrected chi connectivity index (χ2v) is 4.92. The minimum absolute atomic E-state index is 0.232. The van der Waals surface area contributed by atoms with Crippen LogP contribution in [-0.2, 0) is 6.54 Å². The number of phenolic OH excluding ortho intramolecular Hbond substituents is 1. The summed E-state index contributed by atoms with van der Waals surface area (Å²) >= 11 is 0. The number of rotatable bonds is 5. The quantitative estimate of drug-likeness (QED) is 0.821. The average Bonchev–Trinajstić information content (AvgIpc) is 2.41. The van der Waals surface area contributed by atoms with Crippen molar-refractivity contribution in [1.82, 2.24) is 15.3 Å². The minimum atomic E-state index is 0.232. The molecule has 0 unspecified atom stereocenters. The predicted octanol–water partition coefficient (Wildman–Crippen LogP) is 2.97. The van der Waals surface area contributed by atoms with Crippen LogP contribution < -0.4 is 5.32 Å². The molecule has 0 fully saturated rings. The molecule has 1 heterocycles. The Morgan fingerprint density at radius 3 is 2.45 bits per heavy atom. The molecule has 0 saturated heterocycles. The van der Waals surface area contributed by atoms with E-state index < -0.39 is 0 Å². The largest absolute Gasteiger partial charge is 0.508 e. The molecular weight excluding hydrogens is 250 g/mol. The Labute approximate surface area is 119 Å². The van der Waals surface area contributed by atoms with Gasteiger partial charge < -0.3 is 10.4 Å². The van der Waals surface area contributed by atoms with Gasteiger partial charge in [-0.1, -0.05) is 19.1 Å². The van der Waals surface area contributed by atoms with E-state index in [1.807, 2.05) is 19.9 Å². The van der Waals surface area contributed by atoms with Gasteiger partial charge in [-0.25, -0.2) is 9.97 Å². The number of aromatic hydroxyl groups is 1. The van der Waals surface area contributed by atoms with Crippen molar-refractivity contribution in [3.8, 4) is 17.1 Å². The highest BCUT2D eigenvalue weighted by atomic mass is 16.3. The third-order valence-electron chi connectivity index (χ3n) is 3.25. The molecule has 2 rings (SSSR count). The molecule has 0 aliphatic heterocycles. The highest BCUT2D eigenvalue weighted by molar-refractivity contribution is 5.58. The summed E-state index contributed by atoms with van der Waals surface area (Å²) in [7, 11) is 0. The zero-order valence-corrected chi connectivity index (χ0v) is 12.3. The SMILES string of the molecule is CCCNCc1c(C)nc(-c2cccc(O)c2)nc1C. The van der Waals surface area contributed by atoms with Crippen molar-refractivity contribution in [2.45, 2.75) is 33.7 Å². The topological polar surface area (TPSA) is 58.0 Å². The fourth-order valence-corrected chi connectivity index (χ4v) is 2.16. The number of phenols is 1. The normalized spacial score (nSPS) is 10.8. The van der Waals surface area contributed by atoms with Gasteiger partial charge in [0.25, 0.3) is 0 Å². The van der Waals surface area contributed by atoms with Gasteiger partial charge in [-0.3, -0.25) is 0 Å². The fraction of sp³-hybridized carbons (Fsp3) is 0.375. The molecule has 106 valence electrons. The van der Waals surface area contributed by atoms with Crippen molar-refractivity contribution >= 4 is 0 Å². The molecule has 1 aromatic carbocycles. The summed E-state index contributed by atoms with van der Waals surface area (Å²) in [5.41, 5.74) is 3.96. The Bertz CT molecular complexity index is 573. The van der Waals surface area contributed by atoms with Crippen LogP contribution in [0.4, 0.5) is 0 Å². The molecule has 0 amide bonds. The van der Waals surface area contributed by atoms with Crippen LogP contribution >= 0.6 is 0 Å². The van der Waals surface area contributed by atoms with Crippen LogP contribution in [0.5, 0.6) is 5.75 Å². The first kappa shape index (κ1) is 14.5. The molecule has 0 radical (unpaired) electrons. The first-order chi connectivity index (χ1) is 9.61. The minimum Gasteiger partial charge on any atom is -0.508 e. The zero-order valence-electron chi connectivity index (χ0n) is 12.3. The number of benzene rings is 1. The van der Waals surface area contributed by atoms with Gasteiger partial charge in [0.2, 0.25) is 0 Å². The second-order valence-electron chi connectivity index (χ2n) is 4.92. The van der Waals surface area contributed by atoms with E-state index in [-0.39, 0.29) is 5.75 Å². The summed E-state index contributed by atoms with van der Waals surface area (Å²) in [5.74, 6) is 0.894. The first-order valence-corrected chi connectivity index (χ1v) is 6.96. The van der Waals surface area contributed by atoms with Crippen LogP contribution in [0.25, 0.3) is 11.4 Å². The van der Waals surface area contributed by atoms with Crippen LogP contribution in [-0.4, -0.2) is 21.6 Å². The lowest BCUT2D eigenvalue weighted by Gasteiger charge is -2.11. The van der Waals surface area contributed by atoms with Crippen molar-refractivity contribution in [2.75, 3.05) is 6.54 Å². The van der Waals surface area contributed by atoms with Crippen LogP contribution in [0.1, 0.15) is 30.3 Å². The summed E-state index contributed by atoms with van der Waals surface area (Å²) in [5, 5.41) is 12.9. The van der Waals surface area contributed by atoms with E-state index in [0.29, 0.717) is 5.82 Å². The Balaban J connectivity index is 2.30. The lowest BCUT2D eigenvalue weighted by molar-refractivity contribution is 0.475. The summed E-state index contributed by atoms with van der Waals surface area (Å²) in [6.07, 6.45) is 1.11. The third kappa shape index (κ3) is 3.33. The second kappa shape index (κ2) is 6.48. The van der Waals surface area contributed by atoms with Crippen LogP contribution in [0.3, 0.4) is 0 Å². The van der Waals surface area contributed by atoms with Crippen molar-refractivity contribution in [3.05, 3.63) is 41.2 Å². The van der Waals surface area contributed by atoms with Crippen molar-refractivity contribution in [2.24, 2.45) is 0 Å². The lowest BCUT2D eigenvalue weighted by atomic mass is 10.1. The Morgan fingerprint density at radius 2 is 1.85 bits per heavy atom. The first-order valence-electron chi connectivity index (χ1n) is 6.96. The van der Waals surface area contributed by atoms with E-state index in [1.165, 1.54) is 0 Å². The Morgan fingerprint density at radius 1 is 1.15 bits per heavy atom. The summed E-state index contributed by atoms with van der Waals surface area (Å²) in [6, 6.07) is 7.04. The number of nitrogens with zero attached hydrogens (tertiary/aromatic N) is 2. The molecule has 4 heteroatoms. The molecule has 0 bridgehead atoms. The molecule has 0 atom stereocenters. The maximum atomic E-state index is 9.55. The molecule has 2 aromatic rings. The number of nitrogens with one attached hydrogen (secondary N) is 1. The van der Waals surface area contributed by atoms with Crippen molar-refractivity contribution in [3.63, 3.8) is 0 Å². The van der Waals surface area contributed by atoms with Crippen LogP contribution in [0.15, 0.2) is 24.3 Å². The van der Waals surface area contributed by atoms with Gasteiger partial charge in [0, 0.05) is 29.1 Å². The van der Waals surface area contributed by atoms with Gasteiger partial charge in [-0.2, -0.15) is 0 Å². The Hall–Kier alpha value is -1.94. The maximum absolute atomic E-state index is 9.55. The van der Waals surface area contributed by atoms with Crippen LogP contribution in [0, 0.1) is 13.8 Å². The van der Waals surface area contributed by atoms with Crippen molar-refractivity contribution in [1.29, 1.82) is 0 Å². The van der Waals surface area contributed by atoms with Gasteiger partial charge in [0.05, 0.1) is 0 Å². The highest BCUT2D eigenvalue weighted by Gasteiger charge is 2.10. The monoisotopic (exact) mass is 271 g/mol. The number of hydrogen-bond acceptors (Lipinski definition) is 4. The van der Waals surface area contributed by atoms with Crippen LogP contribution in [0.2, 0.25) is 0 Å². The smallest absolute Gasteiger partial charge is 0.159 e. The maximum Gasteiger partial charge on any atom is 0.159 e. The van der Waals surface area contributed by atoms with Gasteiger partial charge >= 0.3 is 0 Å². The molecule has 0 aliphatic rings. The summed E-state index contributed by atoms with van der Waals surface area (Å²) < 4.78 is 0. The highest BCUT2D eigenvalue weighted by Crippen LogP contribution is 2.22. The Kier molecular flexibility index (Phi) is 4.69. The van der Waals surface area contributed by atoms with Gasteiger partial charge in [0.1, 0.15) is 5.75 Å². The molecule has 1 aromatic heterocycles. The number of aromatic nitrogens is 2. The van der Waals surface area contributed by atoms with E-state index in [4.69, 9.17) is 0 Å². The molecule has 0 saturated carbocycles. The van der Waals surface area contributed by atoms with Gasteiger partial charge in [0.15, 0.2) is 5.82 Å². The molecule has 0 aliphatic carbocycles. The molecular formula is C16H21N3O. The number of hydrogen-bond donors (Lipinski definition) is 2. The lowest BCUT2D eigenvalue weighted by Crippen LogP contribution is -2.17. The molecule has 20 heavy (non-hydrogen) atoms.